The lowest BCUT2D eigenvalue weighted by Crippen LogP contribution is -2.27. The van der Waals surface area contributed by atoms with Crippen molar-refractivity contribution in [3.05, 3.63) is 12.2 Å². The van der Waals surface area contributed by atoms with Crippen molar-refractivity contribution < 1.29 is 4.79 Å². The third kappa shape index (κ3) is 2.33. The van der Waals surface area contributed by atoms with E-state index in [1.54, 1.807) is 0 Å². The van der Waals surface area contributed by atoms with E-state index in [0.717, 1.165) is 12.8 Å². The van der Waals surface area contributed by atoms with Gasteiger partial charge in [-0.1, -0.05) is 19.1 Å². The maximum atomic E-state index is 11.4. The van der Waals surface area contributed by atoms with E-state index in [1.807, 2.05) is 0 Å². The summed E-state index contributed by atoms with van der Waals surface area (Å²) in [5.74, 6) is 1.46. The number of carbonyl (C=O) groups is 1. The van der Waals surface area contributed by atoms with E-state index in [1.165, 1.54) is 6.42 Å². The minimum Gasteiger partial charge on any atom is -0.353 e. The maximum absolute atomic E-state index is 11.4. The Morgan fingerprint density at radius 3 is 2.92 bits per heavy atom. The summed E-state index contributed by atoms with van der Waals surface area (Å²) in [5.41, 5.74) is 0. The van der Waals surface area contributed by atoms with E-state index >= 15 is 0 Å². The van der Waals surface area contributed by atoms with Crippen LogP contribution in [0.2, 0.25) is 0 Å². The van der Waals surface area contributed by atoms with Crippen molar-refractivity contribution in [2.75, 3.05) is 0 Å². The molecular formula is C11H17NO. The van der Waals surface area contributed by atoms with Gasteiger partial charge in [0.1, 0.15) is 0 Å². The Bertz CT molecular complexity index is 234. The minimum atomic E-state index is 0.242. The van der Waals surface area contributed by atoms with Crippen molar-refractivity contribution >= 4 is 5.91 Å². The number of hydrogen-bond acceptors (Lipinski definition) is 1. The lowest BCUT2D eigenvalue weighted by Gasteiger charge is -2.07. The molecule has 13 heavy (non-hydrogen) atoms. The molecule has 1 amide bonds. The molecule has 2 rings (SSSR count). The van der Waals surface area contributed by atoms with Gasteiger partial charge in [-0.25, -0.2) is 0 Å². The molecule has 2 heteroatoms. The van der Waals surface area contributed by atoms with Crippen molar-refractivity contribution in [3.8, 4) is 0 Å². The standard InChI is InChI=1S/C11H17NO/c1-8-6-10(8)12-11(13)7-9-4-2-3-5-9/h2,4,8-10H,3,5-7H2,1H3,(H,12,13)/t8-,9?,10-/m1/s1. The molecule has 3 atom stereocenters. The first-order valence-corrected chi connectivity index (χ1v) is 5.21. The van der Waals surface area contributed by atoms with Crippen molar-refractivity contribution in [1.82, 2.24) is 5.32 Å². The summed E-state index contributed by atoms with van der Waals surface area (Å²) in [6, 6.07) is 0.484. The zero-order valence-corrected chi connectivity index (χ0v) is 8.12. The molecule has 0 aromatic carbocycles. The number of carbonyl (C=O) groups excluding carboxylic acids is 1. The van der Waals surface area contributed by atoms with Crippen LogP contribution in [-0.4, -0.2) is 11.9 Å². The quantitative estimate of drug-likeness (QED) is 0.658. The van der Waals surface area contributed by atoms with Gasteiger partial charge < -0.3 is 5.32 Å². The molecule has 1 fully saturated rings. The SMILES string of the molecule is C[C@@H]1C[C@H]1NC(=O)CC1C=CCC1. The van der Waals surface area contributed by atoms with Crippen LogP contribution in [0.5, 0.6) is 0 Å². The highest BCUT2D eigenvalue weighted by molar-refractivity contribution is 5.77. The highest BCUT2D eigenvalue weighted by atomic mass is 16.1. The van der Waals surface area contributed by atoms with Crippen LogP contribution in [0.4, 0.5) is 0 Å². The molecule has 72 valence electrons. The highest BCUT2D eigenvalue weighted by Gasteiger charge is 2.33. The second-order valence-electron chi connectivity index (χ2n) is 4.36. The van der Waals surface area contributed by atoms with Gasteiger partial charge >= 0.3 is 0 Å². The number of hydrogen-bond donors (Lipinski definition) is 1. The lowest BCUT2D eigenvalue weighted by molar-refractivity contribution is -0.121. The zero-order valence-electron chi connectivity index (χ0n) is 8.12. The molecule has 2 aliphatic carbocycles. The van der Waals surface area contributed by atoms with Crippen LogP contribution >= 0.6 is 0 Å². The summed E-state index contributed by atoms with van der Waals surface area (Å²) in [4.78, 5) is 11.4. The molecule has 0 bridgehead atoms. The van der Waals surface area contributed by atoms with Crippen LogP contribution in [-0.2, 0) is 4.79 Å². The molecule has 0 aromatic rings. The van der Waals surface area contributed by atoms with Gasteiger partial charge in [0.25, 0.3) is 0 Å². The fourth-order valence-electron chi connectivity index (χ4n) is 1.89. The van der Waals surface area contributed by atoms with Gasteiger partial charge in [-0.2, -0.15) is 0 Å². The maximum Gasteiger partial charge on any atom is 0.220 e. The van der Waals surface area contributed by atoms with Crippen LogP contribution < -0.4 is 5.32 Å². The summed E-state index contributed by atoms with van der Waals surface area (Å²) < 4.78 is 0. The van der Waals surface area contributed by atoms with E-state index in [2.05, 4.69) is 24.4 Å². The number of amides is 1. The molecule has 0 spiro atoms. The Labute approximate surface area is 79.4 Å². The van der Waals surface area contributed by atoms with Crippen molar-refractivity contribution in [2.45, 2.75) is 38.6 Å². The summed E-state index contributed by atoms with van der Waals surface area (Å²) in [6.45, 7) is 2.18. The average molecular weight is 179 g/mol. The van der Waals surface area contributed by atoms with E-state index in [9.17, 15) is 4.79 Å². The third-order valence-electron chi connectivity index (χ3n) is 3.02. The van der Waals surface area contributed by atoms with Gasteiger partial charge in [0, 0.05) is 12.5 Å². The largest absolute Gasteiger partial charge is 0.353 e. The van der Waals surface area contributed by atoms with Crippen LogP contribution in [0.25, 0.3) is 0 Å². The smallest absolute Gasteiger partial charge is 0.220 e. The number of rotatable bonds is 3. The van der Waals surface area contributed by atoms with Crippen LogP contribution in [0, 0.1) is 11.8 Å². The van der Waals surface area contributed by atoms with Crippen LogP contribution in [0.1, 0.15) is 32.6 Å². The Hall–Kier alpha value is -0.790. The first-order valence-electron chi connectivity index (χ1n) is 5.21. The monoisotopic (exact) mass is 179 g/mol. The molecule has 1 N–H and O–H groups in total. The molecule has 0 aliphatic heterocycles. The van der Waals surface area contributed by atoms with Gasteiger partial charge in [0.15, 0.2) is 0 Å². The summed E-state index contributed by atoms with van der Waals surface area (Å²) in [5, 5.41) is 3.06. The first-order chi connectivity index (χ1) is 6.25. The fraction of sp³-hybridized carbons (Fsp3) is 0.727. The van der Waals surface area contributed by atoms with Crippen molar-refractivity contribution in [3.63, 3.8) is 0 Å². The molecule has 0 aromatic heterocycles. The molecule has 2 aliphatic rings. The predicted molar refractivity (Wildman–Crippen MR) is 52.2 cm³/mol. The second-order valence-corrected chi connectivity index (χ2v) is 4.36. The molecule has 0 saturated heterocycles. The topological polar surface area (TPSA) is 29.1 Å². The second kappa shape index (κ2) is 3.52. The Morgan fingerprint density at radius 1 is 1.62 bits per heavy atom. The third-order valence-corrected chi connectivity index (χ3v) is 3.02. The highest BCUT2D eigenvalue weighted by Crippen LogP contribution is 2.29. The summed E-state index contributed by atoms with van der Waals surface area (Å²) in [7, 11) is 0. The number of allylic oxidation sites excluding steroid dienone is 2. The Kier molecular flexibility index (Phi) is 2.38. The normalized spacial score (nSPS) is 36.2. The van der Waals surface area contributed by atoms with Crippen molar-refractivity contribution in [2.24, 2.45) is 11.8 Å². The molecule has 0 radical (unpaired) electrons. The van der Waals surface area contributed by atoms with Crippen molar-refractivity contribution in [1.29, 1.82) is 0 Å². The van der Waals surface area contributed by atoms with Crippen LogP contribution in [0.15, 0.2) is 12.2 Å². The van der Waals surface area contributed by atoms with Gasteiger partial charge in [0.2, 0.25) is 5.91 Å². The first kappa shape index (κ1) is 8.79. The predicted octanol–water partition coefficient (Wildman–Crippen LogP) is 1.87. The molecule has 1 saturated carbocycles. The Balaban J connectivity index is 1.69. The molecular weight excluding hydrogens is 162 g/mol. The zero-order chi connectivity index (χ0) is 9.26. The van der Waals surface area contributed by atoms with E-state index in [4.69, 9.17) is 0 Å². The van der Waals surface area contributed by atoms with Gasteiger partial charge in [-0.05, 0) is 31.1 Å². The summed E-state index contributed by atoms with van der Waals surface area (Å²) >= 11 is 0. The molecule has 1 unspecified atom stereocenters. The van der Waals surface area contributed by atoms with Gasteiger partial charge in [-0.15, -0.1) is 0 Å². The van der Waals surface area contributed by atoms with E-state index < -0.39 is 0 Å². The Morgan fingerprint density at radius 2 is 2.38 bits per heavy atom. The minimum absolute atomic E-state index is 0.242. The fourth-order valence-corrected chi connectivity index (χ4v) is 1.89. The van der Waals surface area contributed by atoms with Gasteiger partial charge in [0.05, 0.1) is 0 Å². The molecule has 0 heterocycles. The number of nitrogens with one attached hydrogen (secondary N) is 1. The van der Waals surface area contributed by atoms with E-state index in [-0.39, 0.29) is 5.91 Å². The van der Waals surface area contributed by atoms with Crippen LogP contribution in [0.3, 0.4) is 0 Å². The summed E-state index contributed by atoms with van der Waals surface area (Å²) in [6.07, 6.45) is 8.53. The lowest BCUT2D eigenvalue weighted by atomic mass is 10.1. The van der Waals surface area contributed by atoms with Gasteiger partial charge in [-0.3, -0.25) is 4.79 Å². The average Bonchev–Trinajstić information content (AvgIpc) is 2.61. The molecule has 2 nitrogen and oxygen atoms in total. The van der Waals surface area contributed by atoms with E-state index in [0.29, 0.717) is 24.3 Å².